The second kappa shape index (κ2) is 7.24. The van der Waals surface area contributed by atoms with Gasteiger partial charge in [0.2, 0.25) is 0 Å². The number of alkyl halides is 3. The van der Waals surface area contributed by atoms with Crippen molar-refractivity contribution in [1.29, 1.82) is 0 Å². The third-order valence-corrected chi connectivity index (χ3v) is 5.00. The molecule has 7 heteroatoms. The zero-order valence-corrected chi connectivity index (χ0v) is 15.3. The Balaban J connectivity index is 1.58. The summed E-state index contributed by atoms with van der Waals surface area (Å²) >= 11 is 0. The maximum atomic E-state index is 13.0. The Morgan fingerprint density at radius 2 is 1.69 bits per heavy atom. The quantitative estimate of drug-likeness (QED) is 0.666. The minimum atomic E-state index is -4.41. The number of aromatic nitrogens is 1. The summed E-state index contributed by atoms with van der Waals surface area (Å²) in [5.74, 6) is -0.212. The first-order chi connectivity index (χ1) is 13.8. The van der Waals surface area contributed by atoms with Crippen molar-refractivity contribution in [2.45, 2.75) is 19.1 Å². The molecule has 1 aliphatic heterocycles. The predicted octanol–water partition coefficient (Wildman–Crippen LogP) is 4.12. The van der Waals surface area contributed by atoms with Crippen molar-refractivity contribution in [2.75, 3.05) is 11.4 Å². The van der Waals surface area contributed by atoms with Gasteiger partial charge >= 0.3 is 6.18 Å². The van der Waals surface area contributed by atoms with Gasteiger partial charge in [0.25, 0.3) is 11.5 Å². The van der Waals surface area contributed by atoms with Crippen molar-refractivity contribution in [1.82, 2.24) is 4.57 Å². The van der Waals surface area contributed by atoms with Crippen LogP contribution in [0.2, 0.25) is 0 Å². The van der Waals surface area contributed by atoms with Gasteiger partial charge in [0.05, 0.1) is 17.7 Å². The monoisotopic (exact) mass is 398 g/mol. The average molecular weight is 398 g/mol. The van der Waals surface area contributed by atoms with Gasteiger partial charge in [-0.15, -0.1) is 0 Å². The fourth-order valence-corrected chi connectivity index (χ4v) is 3.48. The number of halogens is 3. The van der Waals surface area contributed by atoms with E-state index in [0.29, 0.717) is 17.7 Å². The molecule has 0 spiro atoms. The number of anilines is 1. The standard InChI is InChI=1S/C22H17F3N2O2/c23-22(24,25)18-8-5-15(6-9-18)13-26-14-17(7-10-20(26)28)21(29)27-12-11-16-3-1-2-4-19(16)27/h1-10,14H,11-13H2. The number of fused-ring (bicyclic) bond motifs is 1. The molecular weight excluding hydrogens is 381 g/mol. The van der Waals surface area contributed by atoms with Crippen LogP contribution in [0.5, 0.6) is 0 Å². The van der Waals surface area contributed by atoms with Crippen LogP contribution >= 0.6 is 0 Å². The van der Waals surface area contributed by atoms with E-state index in [-0.39, 0.29) is 18.0 Å². The van der Waals surface area contributed by atoms with E-state index in [0.717, 1.165) is 29.8 Å². The first-order valence-electron chi connectivity index (χ1n) is 9.09. The van der Waals surface area contributed by atoms with Crippen molar-refractivity contribution in [3.05, 3.63) is 99.5 Å². The van der Waals surface area contributed by atoms with Gasteiger partial charge in [-0.3, -0.25) is 9.59 Å². The number of nitrogens with zero attached hydrogens (tertiary/aromatic N) is 2. The smallest absolute Gasteiger partial charge is 0.310 e. The van der Waals surface area contributed by atoms with Crippen molar-refractivity contribution in [2.24, 2.45) is 0 Å². The molecule has 3 aromatic rings. The second-order valence-corrected chi connectivity index (χ2v) is 6.91. The molecule has 2 aromatic carbocycles. The summed E-state index contributed by atoms with van der Waals surface area (Å²) in [4.78, 5) is 26.8. The molecule has 0 saturated heterocycles. The molecule has 0 fully saturated rings. The molecule has 148 valence electrons. The minimum absolute atomic E-state index is 0.0781. The van der Waals surface area contributed by atoms with Gasteiger partial charge in [-0.1, -0.05) is 30.3 Å². The Morgan fingerprint density at radius 3 is 2.41 bits per heavy atom. The molecule has 0 atom stereocenters. The third-order valence-electron chi connectivity index (χ3n) is 5.00. The molecule has 1 amide bonds. The molecule has 4 nitrogen and oxygen atoms in total. The zero-order chi connectivity index (χ0) is 20.6. The lowest BCUT2D eigenvalue weighted by Gasteiger charge is -2.18. The minimum Gasteiger partial charge on any atom is -0.310 e. The van der Waals surface area contributed by atoms with E-state index in [1.807, 2.05) is 24.3 Å². The number of amides is 1. The van der Waals surface area contributed by atoms with Crippen LogP contribution in [0.4, 0.5) is 18.9 Å². The lowest BCUT2D eigenvalue weighted by molar-refractivity contribution is -0.137. The van der Waals surface area contributed by atoms with E-state index in [1.165, 1.54) is 35.0 Å². The van der Waals surface area contributed by atoms with Crippen LogP contribution in [-0.4, -0.2) is 17.0 Å². The molecule has 0 saturated carbocycles. The SMILES string of the molecule is O=C(c1ccc(=O)n(Cc2ccc(C(F)(F)F)cc2)c1)N1CCc2ccccc21. The fourth-order valence-electron chi connectivity index (χ4n) is 3.48. The number of para-hydroxylation sites is 1. The normalized spacial score (nSPS) is 13.4. The van der Waals surface area contributed by atoms with Crippen LogP contribution in [0.25, 0.3) is 0 Å². The first kappa shape index (κ1) is 19.0. The molecule has 1 aliphatic rings. The van der Waals surface area contributed by atoms with Crippen LogP contribution in [0.3, 0.4) is 0 Å². The number of rotatable bonds is 3. The molecule has 0 bridgehead atoms. The van der Waals surface area contributed by atoms with Crippen LogP contribution in [0.1, 0.15) is 27.0 Å². The lowest BCUT2D eigenvalue weighted by Crippen LogP contribution is -2.30. The molecule has 1 aromatic heterocycles. The number of carbonyl (C=O) groups is 1. The number of hydrogen-bond acceptors (Lipinski definition) is 2. The highest BCUT2D eigenvalue weighted by molar-refractivity contribution is 6.07. The van der Waals surface area contributed by atoms with E-state index < -0.39 is 11.7 Å². The van der Waals surface area contributed by atoms with Crippen LogP contribution in [0, 0.1) is 0 Å². The highest BCUT2D eigenvalue weighted by Crippen LogP contribution is 2.30. The Labute approximate surface area is 164 Å². The van der Waals surface area contributed by atoms with Crippen molar-refractivity contribution < 1.29 is 18.0 Å². The molecule has 4 rings (SSSR count). The molecule has 29 heavy (non-hydrogen) atoms. The summed E-state index contributed by atoms with van der Waals surface area (Å²) < 4.78 is 39.5. The van der Waals surface area contributed by atoms with Gasteiger partial charge < -0.3 is 9.47 Å². The van der Waals surface area contributed by atoms with Gasteiger partial charge in [-0.05, 0) is 41.8 Å². The van der Waals surface area contributed by atoms with E-state index in [4.69, 9.17) is 0 Å². The number of hydrogen-bond donors (Lipinski definition) is 0. The summed E-state index contributed by atoms with van der Waals surface area (Å²) in [6, 6.07) is 15.1. The Kier molecular flexibility index (Phi) is 4.74. The molecule has 0 unspecified atom stereocenters. The van der Waals surface area contributed by atoms with E-state index in [9.17, 15) is 22.8 Å². The van der Waals surface area contributed by atoms with Crippen LogP contribution < -0.4 is 10.5 Å². The molecule has 0 radical (unpaired) electrons. The topological polar surface area (TPSA) is 42.3 Å². The number of carbonyl (C=O) groups excluding carboxylic acids is 1. The van der Waals surface area contributed by atoms with Crippen LogP contribution in [-0.2, 0) is 19.1 Å². The van der Waals surface area contributed by atoms with Gasteiger partial charge in [0.1, 0.15) is 0 Å². The highest BCUT2D eigenvalue weighted by Gasteiger charge is 2.30. The van der Waals surface area contributed by atoms with Gasteiger partial charge in [-0.25, -0.2) is 0 Å². The van der Waals surface area contributed by atoms with Gasteiger partial charge in [-0.2, -0.15) is 13.2 Å². The largest absolute Gasteiger partial charge is 0.416 e. The lowest BCUT2D eigenvalue weighted by atomic mass is 10.1. The summed E-state index contributed by atoms with van der Waals surface area (Å²) in [6.45, 7) is 0.644. The molecular formula is C22H17F3N2O2. The summed E-state index contributed by atoms with van der Waals surface area (Å²) in [5, 5.41) is 0. The zero-order valence-electron chi connectivity index (χ0n) is 15.3. The van der Waals surface area contributed by atoms with Gasteiger partial charge in [0, 0.05) is 24.5 Å². The summed E-state index contributed by atoms with van der Waals surface area (Å²) in [6.07, 6.45) is -2.18. The van der Waals surface area contributed by atoms with E-state index >= 15 is 0 Å². The maximum absolute atomic E-state index is 13.0. The first-order valence-corrected chi connectivity index (χ1v) is 9.09. The Morgan fingerprint density at radius 1 is 0.966 bits per heavy atom. The summed E-state index contributed by atoms with van der Waals surface area (Å²) in [5.41, 5.74) is 1.77. The highest BCUT2D eigenvalue weighted by atomic mass is 19.4. The molecule has 0 N–H and O–H groups in total. The van der Waals surface area contributed by atoms with Crippen molar-refractivity contribution >= 4 is 11.6 Å². The summed E-state index contributed by atoms with van der Waals surface area (Å²) in [7, 11) is 0. The van der Waals surface area contributed by atoms with Crippen LogP contribution in [0.15, 0.2) is 71.7 Å². The Hall–Kier alpha value is -3.35. The average Bonchev–Trinajstić information content (AvgIpc) is 3.13. The third kappa shape index (κ3) is 3.81. The van der Waals surface area contributed by atoms with E-state index in [1.54, 1.807) is 4.90 Å². The number of benzene rings is 2. The van der Waals surface area contributed by atoms with E-state index in [2.05, 4.69) is 0 Å². The van der Waals surface area contributed by atoms with Gasteiger partial charge in [0.15, 0.2) is 0 Å². The molecule has 2 heterocycles. The number of pyridine rings is 1. The molecule has 0 aliphatic carbocycles. The predicted molar refractivity (Wildman–Crippen MR) is 103 cm³/mol. The van der Waals surface area contributed by atoms with Crippen molar-refractivity contribution in [3.8, 4) is 0 Å². The Bertz CT molecular complexity index is 1120. The maximum Gasteiger partial charge on any atom is 0.416 e. The van der Waals surface area contributed by atoms with Crippen molar-refractivity contribution in [3.63, 3.8) is 0 Å². The second-order valence-electron chi connectivity index (χ2n) is 6.91. The fraction of sp³-hybridized carbons (Fsp3) is 0.182.